The Labute approximate surface area is 222 Å². The zero-order valence-electron chi connectivity index (χ0n) is 21.1. The third kappa shape index (κ3) is 7.27. The van der Waals surface area contributed by atoms with Gasteiger partial charge in [-0.2, -0.15) is 0 Å². The number of rotatable bonds is 13. The summed E-state index contributed by atoms with van der Waals surface area (Å²) in [5.74, 6) is 0.449. The van der Waals surface area contributed by atoms with Crippen molar-refractivity contribution in [1.82, 2.24) is 10.9 Å². The second-order valence-electron chi connectivity index (χ2n) is 8.93. The fourth-order valence-corrected chi connectivity index (χ4v) is 3.97. The summed E-state index contributed by atoms with van der Waals surface area (Å²) in [7, 11) is 0. The summed E-state index contributed by atoms with van der Waals surface area (Å²) in [6, 6.07) is 23.7. The molecule has 0 fully saturated rings. The molecule has 1 atom stereocenters. The summed E-state index contributed by atoms with van der Waals surface area (Å²) in [6.45, 7) is 0.937. The normalized spacial score (nSPS) is 16.7. The van der Waals surface area contributed by atoms with Gasteiger partial charge in [-0.25, -0.2) is 14.8 Å². The van der Waals surface area contributed by atoms with Crippen molar-refractivity contribution >= 4 is 17.9 Å². The number of nitrogens with zero attached hydrogens (tertiary/aromatic N) is 1. The first kappa shape index (κ1) is 27.0. The summed E-state index contributed by atoms with van der Waals surface area (Å²) >= 11 is 0. The molecule has 0 bridgehead atoms. The molecule has 8 heteroatoms. The average molecular weight is 518 g/mol. The van der Waals surface area contributed by atoms with Crippen molar-refractivity contribution in [3.8, 4) is 5.75 Å². The molecule has 1 aliphatic rings. The van der Waals surface area contributed by atoms with Gasteiger partial charge in [-0.3, -0.25) is 10.2 Å². The van der Waals surface area contributed by atoms with Gasteiger partial charge in [0, 0.05) is 31.6 Å². The lowest BCUT2D eigenvalue weighted by Crippen LogP contribution is -2.51. The molecule has 3 N–H and O–H groups in total. The number of aliphatic hydroxyl groups excluding tert-OH is 1. The zero-order chi connectivity index (χ0) is 26.6. The Morgan fingerprint density at radius 3 is 2.61 bits per heavy atom. The number of amides is 1. The number of hydrazine groups is 1. The standard InChI is InChI=1S/C30H32FN3O4/c31-27-12-5-4-11-24(27)17-19-32-34-29(36)30(18-6-10-23-8-2-1-3-9-23)22-38-28(33-30)25-13-15-26(16-14-25)37-21-7-20-35/h1-6,8-16,32,35H,7,17-22H2,(H,34,36)/b10-6+/t30-/m0/s1. The molecule has 1 heterocycles. The van der Waals surface area contributed by atoms with E-state index in [4.69, 9.17) is 19.6 Å². The van der Waals surface area contributed by atoms with Crippen molar-refractivity contribution in [2.24, 2.45) is 4.99 Å². The van der Waals surface area contributed by atoms with Gasteiger partial charge in [0.1, 0.15) is 18.2 Å². The third-order valence-corrected chi connectivity index (χ3v) is 6.10. The predicted octanol–water partition coefficient (Wildman–Crippen LogP) is 4.07. The number of carbonyl (C=O) groups is 1. The molecule has 0 aromatic heterocycles. The molecular formula is C30H32FN3O4. The van der Waals surface area contributed by atoms with Crippen LogP contribution < -0.4 is 15.6 Å². The predicted molar refractivity (Wildman–Crippen MR) is 145 cm³/mol. The van der Waals surface area contributed by atoms with Gasteiger partial charge in [-0.1, -0.05) is 60.7 Å². The van der Waals surface area contributed by atoms with Gasteiger partial charge in [0.2, 0.25) is 5.90 Å². The zero-order valence-corrected chi connectivity index (χ0v) is 21.1. The molecule has 0 unspecified atom stereocenters. The Morgan fingerprint density at radius 2 is 1.84 bits per heavy atom. The Balaban J connectivity index is 1.45. The molecule has 3 aromatic rings. The van der Waals surface area contributed by atoms with E-state index in [9.17, 15) is 9.18 Å². The first-order chi connectivity index (χ1) is 18.6. The van der Waals surface area contributed by atoms with E-state index < -0.39 is 5.54 Å². The van der Waals surface area contributed by atoms with Crippen LogP contribution in [0.25, 0.3) is 6.08 Å². The highest BCUT2D eigenvalue weighted by molar-refractivity contribution is 6.00. The Bertz CT molecular complexity index is 1250. The monoisotopic (exact) mass is 517 g/mol. The largest absolute Gasteiger partial charge is 0.494 e. The number of carbonyl (C=O) groups excluding carboxylic acids is 1. The van der Waals surface area contributed by atoms with Crippen molar-refractivity contribution in [1.29, 1.82) is 0 Å². The van der Waals surface area contributed by atoms with Crippen LogP contribution in [-0.4, -0.2) is 48.8 Å². The average Bonchev–Trinajstić information content (AvgIpc) is 3.39. The van der Waals surface area contributed by atoms with Crippen LogP contribution in [0.4, 0.5) is 4.39 Å². The Morgan fingerprint density at radius 1 is 1.08 bits per heavy atom. The highest BCUT2D eigenvalue weighted by Gasteiger charge is 2.43. The van der Waals surface area contributed by atoms with Crippen LogP contribution in [-0.2, 0) is 16.0 Å². The molecule has 0 spiro atoms. The molecule has 1 amide bonds. The molecule has 4 rings (SSSR count). The summed E-state index contributed by atoms with van der Waals surface area (Å²) in [4.78, 5) is 18.1. The third-order valence-electron chi connectivity index (χ3n) is 6.10. The maximum absolute atomic E-state index is 13.9. The highest BCUT2D eigenvalue weighted by atomic mass is 19.1. The van der Waals surface area contributed by atoms with E-state index in [-0.39, 0.29) is 24.9 Å². The van der Waals surface area contributed by atoms with Gasteiger partial charge in [-0.15, -0.1) is 0 Å². The first-order valence-electron chi connectivity index (χ1n) is 12.6. The van der Waals surface area contributed by atoms with Gasteiger partial charge in [-0.05, 0) is 47.9 Å². The second kappa shape index (κ2) is 13.5. The maximum Gasteiger partial charge on any atom is 0.266 e. The molecule has 0 saturated heterocycles. The molecule has 0 radical (unpaired) electrons. The fraction of sp³-hybridized carbons (Fsp3) is 0.267. The van der Waals surface area contributed by atoms with E-state index in [0.717, 1.165) is 11.1 Å². The van der Waals surface area contributed by atoms with Crippen LogP contribution in [0, 0.1) is 5.82 Å². The van der Waals surface area contributed by atoms with Gasteiger partial charge < -0.3 is 14.6 Å². The van der Waals surface area contributed by atoms with Crippen LogP contribution >= 0.6 is 0 Å². The Hall–Kier alpha value is -4.01. The fourth-order valence-electron chi connectivity index (χ4n) is 3.97. The molecule has 7 nitrogen and oxygen atoms in total. The lowest BCUT2D eigenvalue weighted by molar-refractivity contribution is -0.127. The summed E-state index contributed by atoms with van der Waals surface area (Å²) in [6.07, 6.45) is 5.18. The number of nitrogens with one attached hydrogen (secondary N) is 2. The molecule has 198 valence electrons. The number of aliphatic hydroxyl groups is 1. The summed E-state index contributed by atoms with van der Waals surface area (Å²) in [5, 5.41) is 8.91. The van der Waals surface area contributed by atoms with E-state index in [1.165, 1.54) is 6.07 Å². The van der Waals surface area contributed by atoms with Crippen LogP contribution in [0.15, 0.2) is 89.9 Å². The van der Waals surface area contributed by atoms with E-state index in [1.54, 1.807) is 30.3 Å². The van der Waals surface area contributed by atoms with Crippen LogP contribution in [0.2, 0.25) is 0 Å². The van der Waals surface area contributed by atoms with Gasteiger partial charge in [0.25, 0.3) is 5.91 Å². The van der Waals surface area contributed by atoms with E-state index in [0.29, 0.717) is 49.6 Å². The lowest BCUT2D eigenvalue weighted by atomic mass is 9.95. The number of benzene rings is 3. The minimum absolute atomic E-state index is 0.0730. The molecule has 0 saturated carbocycles. The van der Waals surface area contributed by atoms with E-state index in [1.807, 2.05) is 54.6 Å². The van der Waals surface area contributed by atoms with Crippen molar-refractivity contribution in [2.75, 3.05) is 26.4 Å². The van der Waals surface area contributed by atoms with Gasteiger partial charge in [0.05, 0.1) is 6.61 Å². The van der Waals surface area contributed by atoms with E-state index >= 15 is 0 Å². The number of hydrogen-bond donors (Lipinski definition) is 3. The van der Waals surface area contributed by atoms with E-state index in [2.05, 4.69) is 10.9 Å². The number of halogens is 1. The molecule has 0 aliphatic carbocycles. The smallest absolute Gasteiger partial charge is 0.266 e. The SMILES string of the molecule is O=C(NNCCc1ccccc1F)[C@]1(C/C=C/c2ccccc2)COC(c2ccc(OCCCO)cc2)=N1. The number of hydrogen-bond acceptors (Lipinski definition) is 6. The van der Waals surface area contributed by atoms with Crippen molar-refractivity contribution in [2.45, 2.75) is 24.8 Å². The highest BCUT2D eigenvalue weighted by Crippen LogP contribution is 2.27. The topological polar surface area (TPSA) is 92.2 Å². The van der Waals surface area contributed by atoms with Crippen LogP contribution in [0.1, 0.15) is 29.5 Å². The first-order valence-corrected chi connectivity index (χ1v) is 12.6. The van der Waals surface area contributed by atoms with Crippen molar-refractivity contribution in [3.63, 3.8) is 0 Å². The lowest BCUT2D eigenvalue weighted by Gasteiger charge is -2.22. The van der Waals surface area contributed by atoms with Crippen LogP contribution in [0.5, 0.6) is 5.75 Å². The van der Waals surface area contributed by atoms with Crippen molar-refractivity contribution in [3.05, 3.63) is 107 Å². The van der Waals surface area contributed by atoms with Crippen LogP contribution in [0.3, 0.4) is 0 Å². The quantitative estimate of drug-likeness (QED) is 0.235. The second-order valence-corrected chi connectivity index (χ2v) is 8.93. The minimum Gasteiger partial charge on any atom is -0.494 e. The molecular weight excluding hydrogens is 485 g/mol. The maximum atomic E-state index is 13.9. The molecule has 1 aliphatic heterocycles. The summed E-state index contributed by atoms with van der Waals surface area (Å²) < 4.78 is 25.4. The Kier molecular flexibility index (Phi) is 9.61. The summed E-state index contributed by atoms with van der Waals surface area (Å²) in [5.41, 5.74) is 6.81. The minimum atomic E-state index is -1.16. The molecule has 38 heavy (non-hydrogen) atoms. The molecule has 3 aromatic carbocycles. The number of ether oxygens (including phenoxy) is 2. The van der Waals surface area contributed by atoms with Gasteiger partial charge in [0.15, 0.2) is 5.54 Å². The number of aliphatic imine (C=N–C) groups is 1. The van der Waals surface area contributed by atoms with Crippen molar-refractivity contribution < 1.29 is 23.8 Å². The van der Waals surface area contributed by atoms with Gasteiger partial charge >= 0.3 is 0 Å².